The van der Waals surface area contributed by atoms with Crippen molar-refractivity contribution in [2.24, 2.45) is 5.92 Å². The fraction of sp³-hybridized carbons (Fsp3) is 0.409. The average Bonchev–Trinajstić information content (AvgIpc) is 2.66. The van der Waals surface area contributed by atoms with Crippen LogP contribution in [0.4, 0.5) is 0 Å². The van der Waals surface area contributed by atoms with E-state index in [2.05, 4.69) is 17.1 Å². The van der Waals surface area contributed by atoms with Crippen molar-refractivity contribution in [1.29, 1.82) is 0 Å². The van der Waals surface area contributed by atoms with Gasteiger partial charge in [-0.2, -0.15) is 0 Å². The number of hydrogen-bond acceptors (Lipinski definition) is 3. The van der Waals surface area contributed by atoms with Crippen LogP contribution in [0.5, 0.6) is 0 Å². The molecule has 1 saturated heterocycles. The van der Waals surface area contributed by atoms with Crippen LogP contribution in [0, 0.1) is 19.8 Å². The van der Waals surface area contributed by atoms with E-state index in [9.17, 15) is 9.59 Å². The molecular weight excluding hydrogens is 324 g/mol. The van der Waals surface area contributed by atoms with Gasteiger partial charge in [0.15, 0.2) is 0 Å². The summed E-state index contributed by atoms with van der Waals surface area (Å²) >= 11 is 0. The van der Waals surface area contributed by atoms with Crippen molar-refractivity contribution < 1.29 is 9.59 Å². The van der Waals surface area contributed by atoms with Gasteiger partial charge in [0.2, 0.25) is 0 Å². The molecule has 2 heterocycles. The van der Waals surface area contributed by atoms with E-state index < -0.39 is 0 Å². The largest absolute Gasteiger partial charge is 0.338 e. The summed E-state index contributed by atoms with van der Waals surface area (Å²) in [5.74, 6) is 0.218. The van der Waals surface area contributed by atoms with Crippen LogP contribution in [0.15, 0.2) is 42.6 Å². The summed E-state index contributed by atoms with van der Waals surface area (Å²) in [5.41, 5.74) is 3.69. The molecule has 1 aromatic carbocycles. The monoisotopic (exact) mass is 350 g/mol. The molecule has 1 atom stereocenters. The minimum atomic E-state index is -0.0462. The third-order valence-electron chi connectivity index (χ3n) is 5.14. The molecule has 0 unspecified atom stereocenters. The van der Waals surface area contributed by atoms with Crippen molar-refractivity contribution >= 4 is 11.7 Å². The molecule has 1 fully saturated rings. The Morgan fingerprint density at radius 1 is 1.19 bits per heavy atom. The zero-order valence-corrected chi connectivity index (χ0v) is 15.6. The predicted molar refractivity (Wildman–Crippen MR) is 102 cm³/mol. The number of ketones is 1. The van der Waals surface area contributed by atoms with E-state index in [4.69, 9.17) is 0 Å². The van der Waals surface area contributed by atoms with Crippen LogP contribution in [0.1, 0.15) is 46.4 Å². The summed E-state index contributed by atoms with van der Waals surface area (Å²) < 4.78 is 0. The number of benzene rings is 1. The number of hydrogen-bond donors (Lipinski definition) is 0. The minimum Gasteiger partial charge on any atom is -0.338 e. The second kappa shape index (κ2) is 8.26. The number of rotatable bonds is 5. The number of likely N-dealkylation sites (tertiary alicyclic amines) is 1. The van der Waals surface area contributed by atoms with Crippen molar-refractivity contribution in [2.45, 2.75) is 39.5 Å². The summed E-state index contributed by atoms with van der Waals surface area (Å²) in [5, 5.41) is 0. The molecule has 0 saturated carbocycles. The third kappa shape index (κ3) is 4.37. The van der Waals surface area contributed by atoms with Gasteiger partial charge in [0, 0.05) is 37.3 Å². The van der Waals surface area contributed by atoms with Gasteiger partial charge in [-0.3, -0.25) is 14.6 Å². The summed E-state index contributed by atoms with van der Waals surface area (Å²) in [6.07, 6.45) is 4.73. The van der Waals surface area contributed by atoms with Gasteiger partial charge in [0.1, 0.15) is 5.78 Å². The molecule has 1 amide bonds. The lowest BCUT2D eigenvalue weighted by Gasteiger charge is -2.32. The minimum absolute atomic E-state index is 0.00411. The lowest BCUT2D eigenvalue weighted by molar-refractivity contribution is -0.124. The molecule has 0 radical (unpaired) electrons. The van der Waals surface area contributed by atoms with Gasteiger partial charge < -0.3 is 4.90 Å². The van der Waals surface area contributed by atoms with E-state index in [-0.39, 0.29) is 17.6 Å². The highest BCUT2D eigenvalue weighted by Crippen LogP contribution is 2.22. The molecule has 4 heteroatoms. The highest BCUT2D eigenvalue weighted by molar-refractivity contribution is 5.96. The molecule has 3 rings (SSSR count). The zero-order chi connectivity index (χ0) is 18.5. The number of Topliss-reactive ketones (excluding diaryl/α,β-unsaturated/α-hetero) is 1. The fourth-order valence-electron chi connectivity index (χ4n) is 3.63. The summed E-state index contributed by atoms with van der Waals surface area (Å²) in [7, 11) is 0. The molecule has 1 aliphatic heterocycles. The lowest BCUT2D eigenvalue weighted by Crippen LogP contribution is -2.42. The average molecular weight is 350 g/mol. The predicted octanol–water partition coefficient (Wildman–Crippen LogP) is 3.75. The maximum absolute atomic E-state index is 12.9. The number of aromatic nitrogens is 1. The van der Waals surface area contributed by atoms with Gasteiger partial charge in [0.25, 0.3) is 5.91 Å². The first-order chi connectivity index (χ1) is 12.5. The van der Waals surface area contributed by atoms with Crippen LogP contribution in [-0.4, -0.2) is 34.7 Å². The van der Waals surface area contributed by atoms with Gasteiger partial charge in [-0.15, -0.1) is 0 Å². The number of aryl methyl sites for hydroxylation is 3. The normalized spacial score (nSPS) is 17.2. The van der Waals surface area contributed by atoms with Gasteiger partial charge in [-0.1, -0.05) is 30.3 Å². The summed E-state index contributed by atoms with van der Waals surface area (Å²) in [6.45, 7) is 5.10. The van der Waals surface area contributed by atoms with Crippen molar-refractivity contribution in [1.82, 2.24) is 9.88 Å². The Bertz CT molecular complexity index is 786. The Hall–Kier alpha value is -2.49. The van der Waals surface area contributed by atoms with Gasteiger partial charge in [0.05, 0.1) is 5.56 Å². The molecule has 1 aliphatic rings. The number of carbonyl (C=O) groups is 2. The summed E-state index contributed by atoms with van der Waals surface area (Å²) in [6, 6.07) is 12.0. The first-order valence-electron chi connectivity index (χ1n) is 9.34. The Balaban J connectivity index is 1.61. The van der Waals surface area contributed by atoms with Crippen LogP contribution in [-0.2, 0) is 11.2 Å². The second-order valence-electron chi connectivity index (χ2n) is 7.18. The van der Waals surface area contributed by atoms with Crippen molar-refractivity contribution in [3.05, 3.63) is 65.0 Å². The molecule has 0 spiro atoms. The van der Waals surface area contributed by atoms with E-state index >= 15 is 0 Å². The topological polar surface area (TPSA) is 50.3 Å². The van der Waals surface area contributed by atoms with Crippen LogP contribution in [0.3, 0.4) is 0 Å². The highest BCUT2D eigenvalue weighted by Gasteiger charge is 2.29. The van der Waals surface area contributed by atoms with Crippen molar-refractivity contribution in [3.8, 4) is 0 Å². The SMILES string of the molecule is Cc1cc(C)c(C(=O)N2CCC[C@H](C(=O)CCc3ccccc3)C2)cn1. The van der Waals surface area contributed by atoms with E-state index in [1.807, 2.05) is 43.0 Å². The molecule has 1 aromatic heterocycles. The van der Waals surface area contributed by atoms with Gasteiger partial charge in [-0.05, 0) is 50.3 Å². The maximum Gasteiger partial charge on any atom is 0.255 e. The second-order valence-corrected chi connectivity index (χ2v) is 7.18. The molecule has 136 valence electrons. The summed E-state index contributed by atoms with van der Waals surface area (Å²) in [4.78, 5) is 31.6. The van der Waals surface area contributed by atoms with Crippen LogP contribution >= 0.6 is 0 Å². The molecule has 0 aliphatic carbocycles. The van der Waals surface area contributed by atoms with E-state index in [1.165, 1.54) is 5.56 Å². The Kier molecular flexibility index (Phi) is 5.82. The molecule has 0 bridgehead atoms. The third-order valence-corrected chi connectivity index (χ3v) is 5.14. The number of nitrogens with zero attached hydrogens (tertiary/aromatic N) is 2. The van der Waals surface area contributed by atoms with Crippen molar-refractivity contribution in [2.75, 3.05) is 13.1 Å². The number of pyridine rings is 1. The zero-order valence-electron chi connectivity index (χ0n) is 15.6. The maximum atomic E-state index is 12.9. The molecular formula is C22H26N2O2. The highest BCUT2D eigenvalue weighted by atomic mass is 16.2. The first kappa shape index (κ1) is 18.3. The number of carbonyl (C=O) groups excluding carboxylic acids is 2. The fourth-order valence-corrected chi connectivity index (χ4v) is 3.63. The Labute approximate surface area is 155 Å². The van der Waals surface area contributed by atoms with E-state index in [0.29, 0.717) is 25.1 Å². The smallest absolute Gasteiger partial charge is 0.255 e. The van der Waals surface area contributed by atoms with E-state index in [0.717, 1.165) is 30.5 Å². The van der Waals surface area contributed by atoms with E-state index in [1.54, 1.807) is 6.20 Å². The molecule has 0 N–H and O–H groups in total. The Morgan fingerprint density at radius 3 is 2.69 bits per heavy atom. The lowest BCUT2D eigenvalue weighted by atomic mass is 9.90. The van der Waals surface area contributed by atoms with Crippen LogP contribution < -0.4 is 0 Å². The standard InChI is InChI=1S/C22H26N2O2/c1-16-13-17(2)23-14-20(16)22(26)24-12-6-9-19(15-24)21(25)11-10-18-7-4-3-5-8-18/h3-5,7-8,13-14,19H,6,9-12,15H2,1-2H3/t19-/m0/s1. The van der Waals surface area contributed by atoms with Crippen molar-refractivity contribution in [3.63, 3.8) is 0 Å². The number of piperidine rings is 1. The first-order valence-corrected chi connectivity index (χ1v) is 9.34. The molecule has 2 aromatic rings. The molecule has 4 nitrogen and oxygen atoms in total. The van der Waals surface area contributed by atoms with Gasteiger partial charge >= 0.3 is 0 Å². The van der Waals surface area contributed by atoms with Crippen LogP contribution in [0.25, 0.3) is 0 Å². The van der Waals surface area contributed by atoms with Crippen LogP contribution in [0.2, 0.25) is 0 Å². The van der Waals surface area contributed by atoms with Gasteiger partial charge in [-0.25, -0.2) is 0 Å². The molecule has 26 heavy (non-hydrogen) atoms. The quantitative estimate of drug-likeness (QED) is 0.825. The Morgan fingerprint density at radius 2 is 1.96 bits per heavy atom. The number of amides is 1.